The van der Waals surface area contributed by atoms with Crippen LogP contribution in [0.5, 0.6) is 0 Å². The topological polar surface area (TPSA) is 49.3 Å². The zero-order valence-corrected chi connectivity index (χ0v) is 12.9. The standard InChI is InChI=1S/C18H27NO2/c1-14(13-17(20)16-9-3-2-4-10-16)19-18(21)12-11-15-7-5-6-8-15/h2-4,9-10,14-15,17,20H,5-8,11-13H2,1H3,(H,19,21). The highest BCUT2D eigenvalue weighted by molar-refractivity contribution is 5.76. The Kier molecular flexibility index (Phi) is 6.24. The molecule has 2 atom stereocenters. The molecular formula is C18H27NO2. The van der Waals surface area contributed by atoms with Crippen molar-refractivity contribution in [3.05, 3.63) is 35.9 Å². The van der Waals surface area contributed by atoms with E-state index in [9.17, 15) is 9.90 Å². The maximum absolute atomic E-state index is 11.9. The van der Waals surface area contributed by atoms with Crippen molar-refractivity contribution in [1.82, 2.24) is 5.32 Å². The van der Waals surface area contributed by atoms with E-state index in [0.717, 1.165) is 17.9 Å². The average molecular weight is 289 g/mol. The molecule has 1 aliphatic carbocycles. The van der Waals surface area contributed by atoms with Crippen LogP contribution in [-0.2, 0) is 4.79 Å². The smallest absolute Gasteiger partial charge is 0.220 e. The molecule has 2 N–H and O–H groups in total. The molecular weight excluding hydrogens is 262 g/mol. The van der Waals surface area contributed by atoms with E-state index in [1.54, 1.807) is 0 Å². The van der Waals surface area contributed by atoms with Crippen LogP contribution in [0.1, 0.15) is 63.5 Å². The van der Waals surface area contributed by atoms with Crippen LogP contribution in [0.4, 0.5) is 0 Å². The Morgan fingerprint density at radius 2 is 1.95 bits per heavy atom. The molecule has 1 amide bonds. The zero-order valence-electron chi connectivity index (χ0n) is 12.9. The molecule has 21 heavy (non-hydrogen) atoms. The summed E-state index contributed by atoms with van der Waals surface area (Å²) in [6.45, 7) is 1.96. The van der Waals surface area contributed by atoms with E-state index in [-0.39, 0.29) is 11.9 Å². The van der Waals surface area contributed by atoms with Gasteiger partial charge in [0.2, 0.25) is 5.91 Å². The number of benzene rings is 1. The Morgan fingerprint density at radius 3 is 2.62 bits per heavy atom. The predicted octanol–water partition coefficient (Wildman–Crippen LogP) is 3.59. The minimum absolute atomic E-state index is 0.00344. The molecule has 0 bridgehead atoms. The lowest BCUT2D eigenvalue weighted by Crippen LogP contribution is -2.33. The molecule has 3 heteroatoms. The molecule has 3 nitrogen and oxygen atoms in total. The number of aliphatic hydroxyl groups is 1. The van der Waals surface area contributed by atoms with Crippen molar-refractivity contribution in [3.8, 4) is 0 Å². The van der Waals surface area contributed by atoms with Crippen LogP contribution >= 0.6 is 0 Å². The molecule has 2 unspecified atom stereocenters. The number of amides is 1. The molecule has 1 aliphatic rings. The second-order valence-corrected chi connectivity index (χ2v) is 6.32. The monoisotopic (exact) mass is 289 g/mol. The summed E-state index contributed by atoms with van der Waals surface area (Å²) >= 11 is 0. The van der Waals surface area contributed by atoms with Gasteiger partial charge in [0.15, 0.2) is 0 Å². The lowest BCUT2D eigenvalue weighted by Gasteiger charge is -2.18. The van der Waals surface area contributed by atoms with Crippen LogP contribution in [0.25, 0.3) is 0 Å². The third-order valence-corrected chi connectivity index (χ3v) is 4.42. The van der Waals surface area contributed by atoms with E-state index in [2.05, 4.69) is 5.32 Å². The van der Waals surface area contributed by atoms with Crippen molar-refractivity contribution in [2.45, 2.75) is 64.0 Å². The van der Waals surface area contributed by atoms with E-state index >= 15 is 0 Å². The van der Waals surface area contributed by atoms with Crippen molar-refractivity contribution in [3.63, 3.8) is 0 Å². The van der Waals surface area contributed by atoms with Gasteiger partial charge in [-0.2, -0.15) is 0 Å². The molecule has 1 saturated carbocycles. The summed E-state index contributed by atoms with van der Waals surface area (Å²) in [6.07, 6.45) is 6.90. The quantitative estimate of drug-likeness (QED) is 0.806. The fourth-order valence-corrected chi connectivity index (χ4v) is 3.19. The maximum atomic E-state index is 11.9. The molecule has 0 saturated heterocycles. The van der Waals surface area contributed by atoms with Crippen LogP contribution in [0.15, 0.2) is 30.3 Å². The first-order valence-electron chi connectivity index (χ1n) is 8.17. The van der Waals surface area contributed by atoms with Gasteiger partial charge in [-0.15, -0.1) is 0 Å². The van der Waals surface area contributed by atoms with Crippen molar-refractivity contribution in [1.29, 1.82) is 0 Å². The summed E-state index contributed by atoms with van der Waals surface area (Å²) in [5.74, 6) is 0.871. The van der Waals surface area contributed by atoms with Crippen molar-refractivity contribution in [2.24, 2.45) is 5.92 Å². The van der Waals surface area contributed by atoms with Gasteiger partial charge in [0, 0.05) is 12.5 Å². The summed E-state index contributed by atoms with van der Waals surface area (Å²) < 4.78 is 0. The van der Waals surface area contributed by atoms with Gasteiger partial charge in [-0.05, 0) is 31.2 Å². The van der Waals surface area contributed by atoms with Gasteiger partial charge < -0.3 is 10.4 Å². The zero-order chi connectivity index (χ0) is 15.1. The SMILES string of the molecule is CC(CC(O)c1ccccc1)NC(=O)CCC1CCCC1. The molecule has 1 aromatic rings. The lowest BCUT2D eigenvalue weighted by molar-refractivity contribution is -0.122. The first kappa shape index (κ1) is 16.0. The highest BCUT2D eigenvalue weighted by atomic mass is 16.3. The van der Waals surface area contributed by atoms with E-state index in [0.29, 0.717) is 12.8 Å². The maximum Gasteiger partial charge on any atom is 0.220 e. The normalized spacial score (nSPS) is 18.4. The minimum atomic E-state index is -0.517. The number of aliphatic hydroxyl groups excluding tert-OH is 1. The summed E-state index contributed by atoms with van der Waals surface area (Å²) in [4.78, 5) is 11.9. The van der Waals surface area contributed by atoms with Gasteiger partial charge in [0.25, 0.3) is 0 Å². The minimum Gasteiger partial charge on any atom is -0.388 e. The molecule has 1 fully saturated rings. The second-order valence-electron chi connectivity index (χ2n) is 6.32. The highest BCUT2D eigenvalue weighted by Crippen LogP contribution is 2.28. The lowest BCUT2D eigenvalue weighted by atomic mass is 10.0. The number of rotatable bonds is 7. The van der Waals surface area contributed by atoms with Crippen LogP contribution in [-0.4, -0.2) is 17.1 Å². The first-order valence-corrected chi connectivity index (χ1v) is 8.17. The van der Waals surface area contributed by atoms with Gasteiger partial charge in [-0.1, -0.05) is 56.0 Å². The third kappa shape index (κ3) is 5.50. The second kappa shape index (κ2) is 8.18. The van der Waals surface area contributed by atoms with Gasteiger partial charge in [0.1, 0.15) is 0 Å². The van der Waals surface area contributed by atoms with Crippen molar-refractivity contribution in [2.75, 3.05) is 0 Å². The fraction of sp³-hybridized carbons (Fsp3) is 0.611. The largest absolute Gasteiger partial charge is 0.388 e. The van der Waals surface area contributed by atoms with Crippen LogP contribution in [0.2, 0.25) is 0 Å². The fourth-order valence-electron chi connectivity index (χ4n) is 3.19. The number of nitrogens with one attached hydrogen (secondary N) is 1. The number of carbonyl (C=O) groups excluding carboxylic acids is 1. The molecule has 0 aromatic heterocycles. The predicted molar refractivity (Wildman–Crippen MR) is 84.8 cm³/mol. The summed E-state index contributed by atoms with van der Waals surface area (Å²) in [6, 6.07) is 9.60. The molecule has 0 heterocycles. The van der Waals surface area contributed by atoms with Crippen LogP contribution in [0, 0.1) is 5.92 Å². The van der Waals surface area contributed by atoms with Crippen molar-refractivity contribution < 1.29 is 9.90 Å². The molecule has 0 radical (unpaired) electrons. The van der Waals surface area contributed by atoms with Crippen molar-refractivity contribution >= 4 is 5.91 Å². The third-order valence-electron chi connectivity index (χ3n) is 4.42. The molecule has 2 rings (SSSR count). The molecule has 0 aliphatic heterocycles. The highest BCUT2D eigenvalue weighted by Gasteiger charge is 2.18. The summed E-state index contributed by atoms with van der Waals surface area (Å²) in [7, 11) is 0. The van der Waals surface area contributed by atoms with Gasteiger partial charge in [-0.25, -0.2) is 0 Å². The molecule has 0 spiro atoms. The van der Waals surface area contributed by atoms with Crippen LogP contribution in [0.3, 0.4) is 0 Å². The van der Waals surface area contributed by atoms with Gasteiger partial charge in [-0.3, -0.25) is 4.79 Å². The van der Waals surface area contributed by atoms with Gasteiger partial charge >= 0.3 is 0 Å². The average Bonchev–Trinajstić information content (AvgIpc) is 2.99. The van der Waals surface area contributed by atoms with Crippen LogP contribution < -0.4 is 5.32 Å². The van der Waals surface area contributed by atoms with E-state index in [1.807, 2.05) is 37.3 Å². The Morgan fingerprint density at radius 1 is 1.29 bits per heavy atom. The Bertz CT molecular complexity index is 426. The molecule has 1 aromatic carbocycles. The number of hydrogen-bond donors (Lipinski definition) is 2. The van der Waals surface area contributed by atoms with E-state index < -0.39 is 6.10 Å². The number of carbonyl (C=O) groups is 1. The van der Waals surface area contributed by atoms with E-state index in [4.69, 9.17) is 0 Å². The number of hydrogen-bond acceptors (Lipinski definition) is 2. The van der Waals surface area contributed by atoms with Gasteiger partial charge in [0.05, 0.1) is 6.10 Å². The summed E-state index contributed by atoms with van der Waals surface area (Å²) in [5.41, 5.74) is 0.907. The Hall–Kier alpha value is -1.35. The Balaban J connectivity index is 1.68. The van der Waals surface area contributed by atoms with E-state index in [1.165, 1.54) is 25.7 Å². The molecule has 116 valence electrons. The summed E-state index contributed by atoms with van der Waals surface area (Å²) in [5, 5.41) is 13.2. The first-order chi connectivity index (χ1) is 10.1. The Labute approximate surface area is 127 Å².